The second-order valence-corrected chi connectivity index (χ2v) is 7.62. The van der Waals surface area contributed by atoms with E-state index in [1.807, 2.05) is 43.9 Å². The summed E-state index contributed by atoms with van der Waals surface area (Å²) >= 11 is 0. The summed E-state index contributed by atoms with van der Waals surface area (Å²) in [6.07, 6.45) is -4.40. The highest BCUT2D eigenvalue weighted by Crippen LogP contribution is 2.32. The third-order valence-electron chi connectivity index (χ3n) is 5.53. The molecule has 0 spiro atoms. The van der Waals surface area contributed by atoms with E-state index < -0.39 is 17.8 Å². The Kier molecular flexibility index (Phi) is 6.58. The van der Waals surface area contributed by atoms with Crippen molar-refractivity contribution in [3.63, 3.8) is 0 Å². The summed E-state index contributed by atoms with van der Waals surface area (Å²) in [6, 6.07) is 11.1. The average molecular weight is 420 g/mol. The fourth-order valence-electron chi connectivity index (χ4n) is 3.53. The molecule has 1 unspecified atom stereocenters. The fraction of sp³-hybridized carbons (Fsp3) is 0.435. The van der Waals surface area contributed by atoms with Crippen LogP contribution < -0.4 is 9.64 Å². The van der Waals surface area contributed by atoms with Crippen molar-refractivity contribution in [2.75, 3.05) is 31.1 Å². The molecule has 4 nitrogen and oxygen atoms in total. The maximum atomic E-state index is 13.0. The highest BCUT2D eigenvalue weighted by molar-refractivity contribution is 5.81. The van der Waals surface area contributed by atoms with Crippen LogP contribution in [0.3, 0.4) is 0 Å². The number of benzene rings is 2. The molecule has 1 saturated heterocycles. The second-order valence-electron chi connectivity index (χ2n) is 7.62. The number of hydrogen-bond donors (Lipinski definition) is 0. The van der Waals surface area contributed by atoms with Crippen LogP contribution in [-0.2, 0) is 11.0 Å². The molecule has 1 amide bonds. The number of carbonyl (C=O) groups excluding carboxylic acids is 1. The van der Waals surface area contributed by atoms with Gasteiger partial charge in [0.1, 0.15) is 5.75 Å². The Morgan fingerprint density at radius 3 is 2.33 bits per heavy atom. The van der Waals surface area contributed by atoms with E-state index in [9.17, 15) is 18.0 Å². The first kappa shape index (κ1) is 22.0. The topological polar surface area (TPSA) is 32.8 Å². The van der Waals surface area contributed by atoms with Crippen molar-refractivity contribution in [2.24, 2.45) is 0 Å². The molecular formula is C23H27F3N2O2. The standard InChI is InChI=1S/C23H27F3N2O2/c1-4-21(30-20-9-8-16(2)17(3)14-20)22(29)28-12-10-27(11-13-28)19-7-5-6-18(15-19)23(24,25)26/h5-9,14-15,21H,4,10-13H2,1-3H3. The van der Waals surface area contributed by atoms with E-state index in [2.05, 4.69) is 0 Å². The van der Waals surface area contributed by atoms with Crippen LogP contribution in [0.4, 0.5) is 18.9 Å². The number of carbonyl (C=O) groups is 1. The summed E-state index contributed by atoms with van der Waals surface area (Å²) in [5, 5.41) is 0. The number of aryl methyl sites for hydroxylation is 2. The van der Waals surface area contributed by atoms with Gasteiger partial charge in [-0.2, -0.15) is 13.2 Å². The van der Waals surface area contributed by atoms with Crippen LogP contribution in [0, 0.1) is 13.8 Å². The minimum atomic E-state index is -4.37. The normalized spacial score (nSPS) is 15.8. The highest BCUT2D eigenvalue weighted by Gasteiger charge is 2.32. The summed E-state index contributed by atoms with van der Waals surface area (Å²) < 4.78 is 44.9. The molecule has 1 aliphatic heterocycles. The van der Waals surface area contributed by atoms with Gasteiger partial charge in [-0.3, -0.25) is 4.79 Å². The molecule has 1 heterocycles. The third-order valence-corrected chi connectivity index (χ3v) is 5.53. The number of rotatable bonds is 5. The van der Waals surface area contributed by atoms with Crippen molar-refractivity contribution in [3.05, 3.63) is 59.2 Å². The van der Waals surface area contributed by atoms with E-state index in [1.165, 1.54) is 6.07 Å². The zero-order valence-electron chi connectivity index (χ0n) is 17.5. The molecule has 0 saturated carbocycles. The second kappa shape index (κ2) is 8.98. The van der Waals surface area contributed by atoms with Crippen LogP contribution >= 0.6 is 0 Å². The largest absolute Gasteiger partial charge is 0.481 e. The van der Waals surface area contributed by atoms with Crippen LogP contribution in [-0.4, -0.2) is 43.1 Å². The van der Waals surface area contributed by atoms with Gasteiger partial charge in [0.25, 0.3) is 5.91 Å². The number of alkyl halides is 3. The number of piperazine rings is 1. The van der Waals surface area contributed by atoms with Crippen molar-refractivity contribution >= 4 is 11.6 Å². The Morgan fingerprint density at radius 2 is 1.73 bits per heavy atom. The smallest absolute Gasteiger partial charge is 0.416 e. The van der Waals surface area contributed by atoms with Crippen LogP contribution in [0.1, 0.15) is 30.0 Å². The Balaban J connectivity index is 1.62. The minimum absolute atomic E-state index is 0.0839. The lowest BCUT2D eigenvalue weighted by atomic mass is 10.1. The van der Waals surface area contributed by atoms with E-state index in [0.29, 0.717) is 44.0 Å². The molecule has 1 atom stereocenters. The predicted molar refractivity (Wildman–Crippen MR) is 111 cm³/mol. The van der Waals surface area contributed by atoms with E-state index in [-0.39, 0.29) is 5.91 Å². The van der Waals surface area contributed by atoms with Crippen LogP contribution in [0.15, 0.2) is 42.5 Å². The molecule has 1 fully saturated rings. The Hall–Kier alpha value is -2.70. The van der Waals surface area contributed by atoms with Crippen molar-refractivity contribution in [2.45, 2.75) is 39.5 Å². The Morgan fingerprint density at radius 1 is 1.03 bits per heavy atom. The number of amides is 1. The third kappa shape index (κ3) is 5.07. The van der Waals surface area contributed by atoms with Gasteiger partial charge in [0.15, 0.2) is 6.10 Å². The van der Waals surface area contributed by atoms with Gasteiger partial charge in [-0.1, -0.05) is 19.1 Å². The Bertz CT molecular complexity index is 890. The van der Waals surface area contributed by atoms with E-state index in [1.54, 1.807) is 11.0 Å². The summed E-state index contributed by atoms with van der Waals surface area (Å²) in [7, 11) is 0. The van der Waals surface area contributed by atoms with Crippen molar-refractivity contribution in [1.29, 1.82) is 0 Å². The van der Waals surface area contributed by atoms with Crippen LogP contribution in [0.25, 0.3) is 0 Å². The SMILES string of the molecule is CCC(Oc1ccc(C)c(C)c1)C(=O)N1CCN(c2cccc(C(F)(F)F)c2)CC1. The molecule has 2 aromatic rings. The van der Waals surface area contributed by atoms with E-state index in [0.717, 1.165) is 23.3 Å². The van der Waals surface area contributed by atoms with Crippen LogP contribution in [0.5, 0.6) is 5.75 Å². The summed E-state index contributed by atoms with van der Waals surface area (Å²) in [6.45, 7) is 7.77. The molecule has 1 aliphatic rings. The lowest BCUT2D eigenvalue weighted by Crippen LogP contribution is -2.52. The van der Waals surface area contributed by atoms with Gasteiger partial charge >= 0.3 is 6.18 Å². The van der Waals surface area contributed by atoms with Gasteiger partial charge in [0.2, 0.25) is 0 Å². The average Bonchev–Trinajstić information content (AvgIpc) is 2.73. The summed E-state index contributed by atoms with van der Waals surface area (Å²) in [5.74, 6) is 0.584. The van der Waals surface area contributed by atoms with Crippen molar-refractivity contribution < 1.29 is 22.7 Å². The number of hydrogen-bond acceptors (Lipinski definition) is 3. The molecular weight excluding hydrogens is 393 g/mol. The summed E-state index contributed by atoms with van der Waals surface area (Å²) in [4.78, 5) is 16.6. The predicted octanol–water partition coefficient (Wildman–Crippen LogP) is 4.83. The molecule has 0 radical (unpaired) electrons. The molecule has 162 valence electrons. The number of nitrogens with zero attached hydrogens (tertiary/aromatic N) is 2. The van der Waals surface area contributed by atoms with E-state index in [4.69, 9.17) is 4.74 Å². The molecule has 3 rings (SSSR count). The first-order valence-electron chi connectivity index (χ1n) is 10.1. The zero-order chi connectivity index (χ0) is 21.9. The maximum Gasteiger partial charge on any atom is 0.416 e. The number of halogens is 3. The first-order chi connectivity index (χ1) is 14.2. The van der Waals surface area contributed by atoms with Crippen LogP contribution in [0.2, 0.25) is 0 Å². The first-order valence-corrected chi connectivity index (χ1v) is 10.1. The molecule has 0 aliphatic carbocycles. The lowest BCUT2D eigenvalue weighted by molar-refractivity contribution is -0.139. The van der Waals surface area contributed by atoms with E-state index >= 15 is 0 Å². The Labute approximate surface area is 175 Å². The molecule has 7 heteroatoms. The molecule has 0 N–H and O–H groups in total. The van der Waals surface area contributed by atoms with Gasteiger partial charge in [-0.15, -0.1) is 0 Å². The molecule has 2 aromatic carbocycles. The fourth-order valence-corrected chi connectivity index (χ4v) is 3.53. The molecule has 0 aromatic heterocycles. The minimum Gasteiger partial charge on any atom is -0.481 e. The van der Waals surface area contributed by atoms with Gasteiger partial charge < -0.3 is 14.5 Å². The number of anilines is 1. The van der Waals surface area contributed by atoms with Crippen molar-refractivity contribution in [3.8, 4) is 5.75 Å². The van der Waals surface area contributed by atoms with Gasteiger partial charge in [0, 0.05) is 31.9 Å². The summed E-state index contributed by atoms with van der Waals surface area (Å²) in [5.41, 5.74) is 2.12. The quantitative estimate of drug-likeness (QED) is 0.695. The zero-order valence-corrected chi connectivity index (χ0v) is 17.5. The van der Waals surface area contributed by atoms with Gasteiger partial charge in [0.05, 0.1) is 5.56 Å². The number of ether oxygens (including phenoxy) is 1. The molecule has 30 heavy (non-hydrogen) atoms. The van der Waals surface area contributed by atoms with Gasteiger partial charge in [-0.25, -0.2) is 0 Å². The maximum absolute atomic E-state index is 13.0. The van der Waals surface area contributed by atoms with Gasteiger partial charge in [-0.05, 0) is 61.7 Å². The molecule has 0 bridgehead atoms. The lowest BCUT2D eigenvalue weighted by Gasteiger charge is -2.37. The monoisotopic (exact) mass is 420 g/mol. The highest BCUT2D eigenvalue weighted by atomic mass is 19.4. The van der Waals surface area contributed by atoms with Crippen molar-refractivity contribution in [1.82, 2.24) is 4.90 Å².